The van der Waals surface area contributed by atoms with Crippen LogP contribution in [0, 0.1) is 29.1 Å². The van der Waals surface area contributed by atoms with Crippen molar-refractivity contribution in [2.24, 2.45) is 29.1 Å². The first-order valence-corrected chi connectivity index (χ1v) is 10.6. The summed E-state index contributed by atoms with van der Waals surface area (Å²) in [6, 6.07) is 0.293. The van der Waals surface area contributed by atoms with E-state index in [2.05, 4.69) is 17.6 Å². The van der Waals surface area contributed by atoms with Crippen LogP contribution >= 0.6 is 0 Å². The molecule has 5 aliphatic rings. The van der Waals surface area contributed by atoms with Gasteiger partial charge in [-0.15, -0.1) is 0 Å². The first-order chi connectivity index (χ1) is 12.0. The lowest BCUT2D eigenvalue weighted by molar-refractivity contribution is -0.132. The molecule has 140 valence electrons. The van der Waals surface area contributed by atoms with Gasteiger partial charge in [0.25, 0.3) is 0 Å². The zero-order valence-corrected chi connectivity index (χ0v) is 15.7. The number of rotatable bonds is 5. The number of amides is 2. The molecule has 0 aromatic rings. The van der Waals surface area contributed by atoms with Gasteiger partial charge in [0.05, 0.1) is 6.54 Å². The van der Waals surface area contributed by atoms with E-state index in [1.54, 1.807) is 0 Å². The lowest BCUT2D eigenvalue weighted by Gasteiger charge is -2.56. The van der Waals surface area contributed by atoms with Crippen molar-refractivity contribution < 1.29 is 9.59 Å². The smallest absolute Gasteiger partial charge is 0.239 e. The van der Waals surface area contributed by atoms with Gasteiger partial charge in [0.15, 0.2) is 0 Å². The van der Waals surface area contributed by atoms with Crippen LogP contribution in [0.15, 0.2) is 0 Å². The summed E-state index contributed by atoms with van der Waals surface area (Å²) < 4.78 is 0. The maximum absolute atomic E-state index is 12.5. The second-order valence-electron chi connectivity index (χ2n) is 9.81. The van der Waals surface area contributed by atoms with E-state index in [1.807, 2.05) is 0 Å². The number of hydrogen-bond donors (Lipinski definition) is 2. The first kappa shape index (κ1) is 17.4. The topological polar surface area (TPSA) is 58.2 Å². The molecule has 5 saturated carbocycles. The van der Waals surface area contributed by atoms with E-state index in [1.165, 1.54) is 57.8 Å². The fourth-order valence-electron chi connectivity index (χ4n) is 6.88. The van der Waals surface area contributed by atoms with Gasteiger partial charge < -0.3 is 10.6 Å². The van der Waals surface area contributed by atoms with Crippen LogP contribution in [0.2, 0.25) is 0 Å². The van der Waals surface area contributed by atoms with Crippen LogP contribution in [0.3, 0.4) is 0 Å². The SMILES string of the molecule is C[C@@H]1CCCC[C@H]1NC(=O)CNC(=O)CC12CC3CC(CC(C3)C1)C2. The highest BCUT2D eigenvalue weighted by Gasteiger charge is 2.51. The molecule has 25 heavy (non-hydrogen) atoms. The van der Waals surface area contributed by atoms with Gasteiger partial charge in [-0.1, -0.05) is 19.8 Å². The van der Waals surface area contributed by atoms with E-state index < -0.39 is 0 Å². The van der Waals surface area contributed by atoms with Crippen molar-refractivity contribution in [2.75, 3.05) is 6.54 Å². The van der Waals surface area contributed by atoms with Crippen molar-refractivity contribution >= 4 is 11.8 Å². The minimum Gasteiger partial charge on any atom is -0.352 e. The third kappa shape index (κ3) is 3.88. The fraction of sp³-hybridized carbons (Fsp3) is 0.905. The summed E-state index contributed by atoms with van der Waals surface area (Å²) >= 11 is 0. The Morgan fingerprint density at radius 1 is 0.920 bits per heavy atom. The predicted molar refractivity (Wildman–Crippen MR) is 97.8 cm³/mol. The summed E-state index contributed by atoms with van der Waals surface area (Å²) in [4.78, 5) is 24.7. The second kappa shape index (κ2) is 6.92. The monoisotopic (exact) mass is 346 g/mol. The molecule has 0 aromatic heterocycles. The third-order valence-corrected chi connectivity index (χ3v) is 7.60. The highest BCUT2D eigenvalue weighted by Crippen LogP contribution is 2.61. The Bertz CT molecular complexity index is 495. The molecule has 0 unspecified atom stereocenters. The molecule has 2 amide bonds. The average molecular weight is 347 g/mol. The lowest BCUT2D eigenvalue weighted by atomic mass is 9.49. The van der Waals surface area contributed by atoms with Crippen LogP contribution in [-0.4, -0.2) is 24.4 Å². The molecule has 5 fully saturated rings. The molecule has 5 rings (SSSR count). The Hall–Kier alpha value is -1.06. The molecule has 0 heterocycles. The summed E-state index contributed by atoms with van der Waals surface area (Å²) in [5.41, 5.74) is 0.257. The molecular formula is C21H34N2O2. The summed E-state index contributed by atoms with van der Waals surface area (Å²) in [5.74, 6) is 3.24. The van der Waals surface area contributed by atoms with Crippen LogP contribution < -0.4 is 10.6 Å². The van der Waals surface area contributed by atoms with E-state index in [0.717, 1.165) is 24.2 Å². The van der Waals surface area contributed by atoms with Gasteiger partial charge >= 0.3 is 0 Å². The Kier molecular flexibility index (Phi) is 4.81. The molecular weight excluding hydrogens is 312 g/mol. The van der Waals surface area contributed by atoms with Crippen LogP contribution in [0.5, 0.6) is 0 Å². The predicted octanol–water partition coefficient (Wildman–Crippen LogP) is 3.40. The summed E-state index contributed by atoms with van der Waals surface area (Å²) in [6.07, 6.45) is 13.4. The third-order valence-electron chi connectivity index (χ3n) is 7.60. The van der Waals surface area contributed by atoms with Gasteiger partial charge in [0.1, 0.15) is 0 Å². The molecule has 0 aliphatic heterocycles. The van der Waals surface area contributed by atoms with Gasteiger partial charge in [0, 0.05) is 12.5 Å². The molecule has 0 aromatic carbocycles. The minimum absolute atomic E-state index is 0.0161. The van der Waals surface area contributed by atoms with Crippen molar-refractivity contribution in [2.45, 2.75) is 83.6 Å². The minimum atomic E-state index is -0.0161. The number of hydrogen-bond acceptors (Lipinski definition) is 2. The summed E-state index contributed by atoms with van der Waals surface area (Å²) in [6.45, 7) is 2.37. The van der Waals surface area contributed by atoms with Gasteiger partial charge in [0.2, 0.25) is 11.8 Å². The average Bonchev–Trinajstić information content (AvgIpc) is 2.53. The standard InChI is InChI=1S/C21H34N2O2/c1-14-4-2-3-5-18(14)23-20(25)13-22-19(24)12-21-9-15-6-16(10-21)8-17(7-15)11-21/h14-18H,2-13H2,1H3,(H,22,24)(H,23,25)/t14-,15?,16?,17?,18-,21?/m1/s1. The van der Waals surface area contributed by atoms with Gasteiger partial charge in [-0.2, -0.15) is 0 Å². The first-order valence-electron chi connectivity index (χ1n) is 10.6. The highest BCUT2D eigenvalue weighted by atomic mass is 16.2. The normalized spacial score (nSPS) is 42.2. The Balaban J connectivity index is 1.23. The number of carbonyl (C=O) groups excluding carboxylic acids is 2. The Morgan fingerprint density at radius 2 is 1.52 bits per heavy atom. The van der Waals surface area contributed by atoms with Gasteiger partial charge in [-0.3, -0.25) is 9.59 Å². The molecule has 2 N–H and O–H groups in total. The largest absolute Gasteiger partial charge is 0.352 e. The summed E-state index contributed by atoms with van der Waals surface area (Å²) in [5, 5.41) is 6.04. The maximum atomic E-state index is 12.5. The lowest BCUT2D eigenvalue weighted by Crippen LogP contribution is -2.49. The van der Waals surface area contributed by atoms with Crippen LogP contribution in [0.4, 0.5) is 0 Å². The van der Waals surface area contributed by atoms with Crippen molar-refractivity contribution in [3.8, 4) is 0 Å². The molecule has 0 spiro atoms. The van der Waals surface area contributed by atoms with E-state index in [4.69, 9.17) is 0 Å². The zero-order chi connectivity index (χ0) is 17.4. The summed E-state index contributed by atoms with van der Waals surface area (Å²) in [7, 11) is 0. The number of nitrogens with one attached hydrogen (secondary N) is 2. The Morgan fingerprint density at radius 3 is 2.12 bits per heavy atom. The van der Waals surface area contributed by atoms with Gasteiger partial charge in [-0.25, -0.2) is 0 Å². The molecule has 4 bridgehead atoms. The number of carbonyl (C=O) groups is 2. The van der Waals surface area contributed by atoms with Crippen LogP contribution in [-0.2, 0) is 9.59 Å². The molecule has 0 saturated heterocycles. The molecule has 5 aliphatic carbocycles. The molecule has 2 atom stereocenters. The highest BCUT2D eigenvalue weighted by molar-refractivity contribution is 5.85. The van der Waals surface area contributed by atoms with Crippen molar-refractivity contribution in [3.05, 3.63) is 0 Å². The van der Waals surface area contributed by atoms with E-state index >= 15 is 0 Å². The van der Waals surface area contributed by atoms with E-state index in [-0.39, 0.29) is 23.8 Å². The van der Waals surface area contributed by atoms with E-state index in [0.29, 0.717) is 18.4 Å². The Labute approximate surface area is 151 Å². The van der Waals surface area contributed by atoms with Gasteiger partial charge in [-0.05, 0) is 80.5 Å². The molecule has 4 nitrogen and oxygen atoms in total. The van der Waals surface area contributed by atoms with Crippen LogP contribution in [0.25, 0.3) is 0 Å². The zero-order valence-electron chi connectivity index (χ0n) is 15.7. The maximum Gasteiger partial charge on any atom is 0.239 e. The molecule has 0 radical (unpaired) electrons. The van der Waals surface area contributed by atoms with E-state index in [9.17, 15) is 9.59 Å². The van der Waals surface area contributed by atoms with Crippen molar-refractivity contribution in [1.29, 1.82) is 0 Å². The van der Waals surface area contributed by atoms with Crippen LogP contribution in [0.1, 0.15) is 77.6 Å². The second-order valence-corrected chi connectivity index (χ2v) is 9.81. The molecule has 4 heteroatoms. The van der Waals surface area contributed by atoms with Crippen molar-refractivity contribution in [3.63, 3.8) is 0 Å². The quantitative estimate of drug-likeness (QED) is 0.801. The fourth-order valence-corrected chi connectivity index (χ4v) is 6.88. The van der Waals surface area contributed by atoms with Crippen molar-refractivity contribution in [1.82, 2.24) is 10.6 Å².